The molecule has 0 saturated carbocycles. The highest BCUT2D eigenvalue weighted by atomic mass is 32.1. The number of hydrogen-bond donors (Lipinski definition) is 4. The minimum absolute atomic E-state index is 0.0122. The number of aliphatic hydroxyl groups excluding tert-OH is 1. The van der Waals surface area contributed by atoms with Gasteiger partial charge >= 0.3 is 0 Å². The SMILES string of the molecule is Nc1ccccc1NC(=O)c1ccc(CNC(=O)C2=C[C@H](c3ccsc3)C[C@H](OCc3ccc(CO)cc3)O2)cc1. The van der Waals surface area contributed by atoms with Crippen molar-refractivity contribution in [2.75, 3.05) is 11.1 Å². The summed E-state index contributed by atoms with van der Waals surface area (Å²) in [4.78, 5) is 25.7. The van der Waals surface area contributed by atoms with E-state index in [4.69, 9.17) is 15.2 Å². The zero-order chi connectivity index (χ0) is 28.6. The van der Waals surface area contributed by atoms with Gasteiger partial charge in [0, 0.05) is 24.4 Å². The summed E-state index contributed by atoms with van der Waals surface area (Å²) in [7, 11) is 0. The zero-order valence-electron chi connectivity index (χ0n) is 22.3. The van der Waals surface area contributed by atoms with Crippen LogP contribution in [0.5, 0.6) is 0 Å². The number of nitrogens with one attached hydrogen (secondary N) is 2. The van der Waals surface area contributed by atoms with Crippen molar-refractivity contribution in [1.29, 1.82) is 0 Å². The molecule has 5 rings (SSSR count). The Bertz CT molecular complexity index is 1500. The van der Waals surface area contributed by atoms with Crippen LogP contribution in [0.2, 0.25) is 0 Å². The average molecular weight is 570 g/mol. The molecule has 0 unspecified atom stereocenters. The van der Waals surface area contributed by atoms with Crippen LogP contribution in [0.1, 0.15) is 45.0 Å². The lowest BCUT2D eigenvalue weighted by Crippen LogP contribution is -2.32. The lowest BCUT2D eigenvalue weighted by molar-refractivity contribution is -0.150. The van der Waals surface area contributed by atoms with Gasteiger partial charge in [-0.25, -0.2) is 0 Å². The standard InChI is InChI=1S/C32H31N3O5S/c33-27-3-1-2-4-28(27)35-31(37)24-11-9-21(10-12-24)17-34-32(38)29-15-26(25-13-14-41-20-25)16-30(40-29)39-19-23-7-5-22(18-36)6-8-23/h1-15,20,26,30,36H,16-19,33H2,(H,34,38)(H,35,37)/t26-,30+/m0/s1. The summed E-state index contributed by atoms with van der Waals surface area (Å²) in [6, 6.07) is 23.6. The summed E-state index contributed by atoms with van der Waals surface area (Å²) in [6.45, 7) is 0.569. The third-order valence-electron chi connectivity index (χ3n) is 6.77. The monoisotopic (exact) mass is 569 g/mol. The molecule has 1 aliphatic heterocycles. The van der Waals surface area contributed by atoms with Crippen LogP contribution in [-0.4, -0.2) is 23.2 Å². The first-order valence-electron chi connectivity index (χ1n) is 13.2. The molecule has 0 radical (unpaired) electrons. The maximum atomic E-state index is 13.1. The molecule has 0 saturated heterocycles. The number of rotatable bonds is 10. The van der Waals surface area contributed by atoms with Crippen molar-refractivity contribution in [3.05, 3.63) is 129 Å². The molecule has 1 aliphatic rings. The Morgan fingerprint density at radius 1 is 0.951 bits per heavy atom. The molecule has 2 atom stereocenters. The molecular formula is C32H31N3O5S. The van der Waals surface area contributed by atoms with E-state index in [-0.39, 0.29) is 36.6 Å². The summed E-state index contributed by atoms with van der Waals surface area (Å²) in [5.41, 5.74) is 11.2. The third kappa shape index (κ3) is 7.40. The second kappa shape index (κ2) is 13.3. The number of allylic oxidation sites excluding steroid dienone is 1. The summed E-state index contributed by atoms with van der Waals surface area (Å²) >= 11 is 1.60. The minimum Gasteiger partial charge on any atom is -0.459 e. The molecule has 3 aromatic carbocycles. The molecule has 4 aromatic rings. The number of para-hydroxylation sites is 2. The normalized spacial score (nSPS) is 16.4. The minimum atomic E-state index is -0.598. The molecule has 2 amide bonds. The number of thiophene rings is 1. The van der Waals surface area contributed by atoms with Gasteiger partial charge in [-0.15, -0.1) is 0 Å². The van der Waals surface area contributed by atoms with Gasteiger partial charge in [-0.1, -0.05) is 48.5 Å². The van der Waals surface area contributed by atoms with Crippen LogP contribution in [0.25, 0.3) is 0 Å². The summed E-state index contributed by atoms with van der Waals surface area (Å²) in [6.07, 6.45) is 1.83. The first-order chi connectivity index (χ1) is 20.0. The van der Waals surface area contributed by atoms with Crippen LogP contribution in [0.3, 0.4) is 0 Å². The molecule has 0 fully saturated rings. The van der Waals surface area contributed by atoms with Crippen LogP contribution in [0, 0.1) is 0 Å². The van der Waals surface area contributed by atoms with Crippen molar-refractivity contribution in [3.63, 3.8) is 0 Å². The summed E-state index contributed by atoms with van der Waals surface area (Å²) < 4.78 is 12.0. The van der Waals surface area contributed by atoms with Crippen molar-refractivity contribution < 1.29 is 24.2 Å². The van der Waals surface area contributed by atoms with Gasteiger partial charge in [0.1, 0.15) is 0 Å². The zero-order valence-corrected chi connectivity index (χ0v) is 23.1. The second-order valence-corrected chi connectivity index (χ2v) is 10.5. The van der Waals surface area contributed by atoms with E-state index in [2.05, 4.69) is 16.0 Å². The first kappa shape index (κ1) is 28.1. The molecule has 9 heteroatoms. The van der Waals surface area contributed by atoms with Crippen LogP contribution in [0.15, 0.2) is 101 Å². The van der Waals surface area contributed by atoms with Gasteiger partial charge < -0.3 is 30.9 Å². The van der Waals surface area contributed by atoms with E-state index in [1.807, 2.05) is 41.8 Å². The van der Waals surface area contributed by atoms with Gasteiger partial charge in [0.15, 0.2) is 5.76 Å². The van der Waals surface area contributed by atoms with Crippen LogP contribution in [-0.2, 0) is 34.0 Å². The number of aliphatic hydroxyl groups is 1. The maximum Gasteiger partial charge on any atom is 0.286 e. The fourth-order valence-electron chi connectivity index (χ4n) is 4.42. The molecule has 0 spiro atoms. The molecule has 210 valence electrons. The number of benzene rings is 3. The number of nitrogens with two attached hydrogens (primary N) is 1. The first-order valence-corrected chi connectivity index (χ1v) is 14.2. The quantitative estimate of drug-likeness (QED) is 0.192. The average Bonchev–Trinajstić information content (AvgIpc) is 3.56. The van der Waals surface area contributed by atoms with Crippen LogP contribution >= 0.6 is 11.3 Å². The fraction of sp³-hybridized carbons (Fsp3) is 0.188. The van der Waals surface area contributed by atoms with Crippen LogP contribution < -0.4 is 16.4 Å². The Hall–Kier alpha value is -4.44. The van der Waals surface area contributed by atoms with Crippen molar-refractivity contribution >= 4 is 34.5 Å². The Balaban J connectivity index is 1.19. The van der Waals surface area contributed by atoms with E-state index < -0.39 is 6.29 Å². The molecule has 1 aromatic heterocycles. The Morgan fingerprint density at radius 2 is 1.68 bits per heavy atom. The Morgan fingerprint density at radius 3 is 2.39 bits per heavy atom. The summed E-state index contributed by atoms with van der Waals surface area (Å²) in [5, 5.41) is 19.1. The van der Waals surface area contributed by atoms with Gasteiger partial charge in [0.2, 0.25) is 6.29 Å². The van der Waals surface area contributed by atoms with Crippen LogP contribution in [0.4, 0.5) is 11.4 Å². The maximum absolute atomic E-state index is 13.1. The smallest absolute Gasteiger partial charge is 0.286 e. The van der Waals surface area contributed by atoms with Crippen molar-refractivity contribution in [3.8, 4) is 0 Å². The van der Waals surface area contributed by atoms with Crippen molar-refractivity contribution in [2.45, 2.75) is 38.4 Å². The number of nitrogen functional groups attached to an aromatic ring is 1. The van der Waals surface area contributed by atoms with E-state index in [9.17, 15) is 14.7 Å². The predicted octanol–water partition coefficient (Wildman–Crippen LogP) is 5.32. The van der Waals surface area contributed by atoms with Gasteiger partial charge in [0.05, 0.1) is 24.6 Å². The van der Waals surface area contributed by atoms with E-state index in [1.54, 1.807) is 59.9 Å². The number of ether oxygens (including phenoxy) is 2. The van der Waals surface area contributed by atoms with E-state index >= 15 is 0 Å². The van der Waals surface area contributed by atoms with E-state index in [1.165, 1.54) is 0 Å². The molecule has 2 heterocycles. The molecule has 5 N–H and O–H groups in total. The number of carbonyl (C=O) groups excluding carboxylic acids is 2. The fourth-order valence-corrected chi connectivity index (χ4v) is 5.14. The molecular weight excluding hydrogens is 538 g/mol. The van der Waals surface area contributed by atoms with Crippen molar-refractivity contribution in [2.24, 2.45) is 0 Å². The molecule has 41 heavy (non-hydrogen) atoms. The largest absolute Gasteiger partial charge is 0.459 e. The number of carbonyl (C=O) groups is 2. The van der Waals surface area contributed by atoms with Gasteiger partial charge in [-0.05, 0) is 69.4 Å². The highest BCUT2D eigenvalue weighted by molar-refractivity contribution is 7.08. The van der Waals surface area contributed by atoms with E-state index in [0.29, 0.717) is 30.0 Å². The van der Waals surface area contributed by atoms with Gasteiger partial charge in [-0.3, -0.25) is 9.59 Å². The number of amides is 2. The Kier molecular flexibility index (Phi) is 9.10. The van der Waals surface area contributed by atoms with Crippen molar-refractivity contribution in [1.82, 2.24) is 5.32 Å². The predicted molar refractivity (Wildman–Crippen MR) is 159 cm³/mol. The molecule has 0 bridgehead atoms. The Labute approximate surface area is 242 Å². The van der Waals surface area contributed by atoms with Gasteiger partial charge in [-0.2, -0.15) is 11.3 Å². The molecule has 8 nitrogen and oxygen atoms in total. The topological polar surface area (TPSA) is 123 Å². The highest BCUT2D eigenvalue weighted by Crippen LogP contribution is 2.33. The number of hydrogen-bond acceptors (Lipinski definition) is 7. The highest BCUT2D eigenvalue weighted by Gasteiger charge is 2.29. The van der Waals surface area contributed by atoms with E-state index in [0.717, 1.165) is 22.3 Å². The lowest BCUT2D eigenvalue weighted by atomic mass is 9.95. The lowest BCUT2D eigenvalue weighted by Gasteiger charge is -2.29. The molecule has 0 aliphatic carbocycles. The second-order valence-electron chi connectivity index (χ2n) is 9.68. The number of anilines is 2. The summed E-state index contributed by atoms with van der Waals surface area (Å²) in [5.74, 6) is -0.417. The van der Waals surface area contributed by atoms with Gasteiger partial charge in [0.25, 0.3) is 11.8 Å². The third-order valence-corrected chi connectivity index (χ3v) is 7.47.